The van der Waals surface area contributed by atoms with E-state index in [1.54, 1.807) is 19.1 Å². The average molecular weight is 286 g/mol. The summed E-state index contributed by atoms with van der Waals surface area (Å²) in [5.41, 5.74) is 3.81. The molecular formula is C19H23FO. The molecule has 1 unspecified atom stereocenters. The highest BCUT2D eigenvalue weighted by Gasteiger charge is 2.14. The summed E-state index contributed by atoms with van der Waals surface area (Å²) in [6.07, 6.45) is -0.0695. The molecule has 0 radical (unpaired) electrons. The van der Waals surface area contributed by atoms with Crippen LogP contribution < -0.4 is 0 Å². The second kappa shape index (κ2) is 5.98. The van der Waals surface area contributed by atoms with Crippen LogP contribution in [-0.4, -0.2) is 5.11 Å². The summed E-state index contributed by atoms with van der Waals surface area (Å²) in [6, 6.07) is 13.1. The molecule has 2 rings (SSSR count). The van der Waals surface area contributed by atoms with Gasteiger partial charge in [-0.2, -0.15) is 0 Å². The van der Waals surface area contributed by atoms with E-state index >= 15 is 0 Å². The predicted octanol–water partition coefficient (Wildman–Crippen LogP) is 4.71. The molecule has 0 aliphatic carbocycles. The van der Waals surface area contributed by atoms with Crippen LogP contribution in [0.2, 0.25) is 0 Å². The van der Waals surface area contributed by atoms with Crippen LogP contribution >= 0.6 is 0 Å². The first kappa shape index (κ1) is 15.7. The van der Waals surface area contributed by atoms with Crippen molar-refractivity contribution < 1.29 is 9.50 Å². The lowest BCUT2D eigenvalue weighted by molar-refractivity contribution is 0.178. The quantitative estimate of drug-likeness (QED) is 0.866. The van der Waals surface area contributed by atoms with E-state index in [2.05, 4.69) is 45.0 Å². The Kier molecular flexibility index (Phi) is 4.48. The lowest BCUT2D eigenvalue weighted by Gasteiger charge is -2.19. The van der Waals surface area contributed by atoms with Crippen molar-refractivity contribution in [1.29, 1.82) is 0 Å². The molecule has 0 spiro atoms. The number of aryl methyl sites for hydroxylation is 1. The third-order valence-corrected chi connectivity index (χ3v) is 3.82. The van der Waals surface area contributed by atoms with Crippen LogP contribution in [0.4, 0.5) is 4.39 Å². The van der Waals surface area contributed by atoms with E-state index in [1.165, 1.54) is 11.6 Å². The maximum absolute atomic E-state index is 13.3. The Bertz CT molecular complexity index is 608. The topological polar surface area (TPSA) is 20.2 Å². The molecule has 0 aliphatic rings. The average Bonchev–Trinajstić information content (AvgIpc) is 2.41. The van der Waals surface area contributed by atoms with Crippen LogP contribution in [0.1, 0.15) is 49.1 Å². The molecular weight excluding hydrogens is 263 g/mol. The second-order valence-corrected chi connectivity index (χ2v) is 6.68. The van der Waals surface area contributed by atoms with Crippen molar-refractivity contribution >= 4 is 0 Å². The molecule has 0 saturated heterocycles. The van der Waals surface area contributed by atoms with Crippen LogP contribution in [0.3, 0.4) is 0 Å². The maximum Gasteiger partial charge on any atom is 0.126 e. The summed E-state index contributed by atoms with van der Waals surface area (Å²) in [5.74, 6) is -0.236. The third kappa shape index (κ3) is 3.92. The molecule has 0 heterocycles. The van der Waals surface area contributed by atoms with Crippen molar-refractivity contribution in [3.8, 4) is 0 Å². The van der Waals surface area contributed by atoms with Gasteiger partial charge in [-0.3, -0.25) is 0 Å². The summed E-state index contributed by atoms with van der Waals surface area (Å²) in [7, 11) is 0. The first-order valence-corrected chi connectivity index (χ1v) is 7.31. The summed E-state index contributed by atoms with van der Waals surface area (Å²) >= 11 is 0. The molecule has 21 heavy (non-hydrogen) atoms. The maximum atomic E-state index is 13.3. The van der Waals surface area contributed by atoms with Gasteiger partial charge in [-0.1, -0.05) is 57.2 Å². The van der Waals surface area contributed by atoms with Gasteiger partial charge in [-0.15, -0.1) is 0 Å². The highest BCUT2D eigenvalue weighted by Crippen LogP contribution is 2.24. The minimum atomic E-state index is -0.607. The van der Waals surface area contributed by atoms with Gasteiger partial charge in [-0.25, -0.2) is 4.39 Å². The van der Waals surface area contributed by atoms with Crippen molar-refractivity contribution in [3.63, 3.8) is 0 Å². The summed E-state index contributed by atoms with van der Waals surface area (Å²) in [6.45, 7) is 8.25. The van der Waals surface area contributed by atoms with Gasteiger partial charge in [0, 0.05) is 6.42 Å². The van der Waals surface area contributed by atoms with Crippen LogP contribution in [0.5, 0.6) is 0 Å². The normalized spacial score (nSPS) is 13.2. The van der Waals surface area contributed by atoms with Gasteiger partial charge in [0.1, 0.15) is 5.82 Å². The van der Waals surface area contributed by atoms with Gasteiger partial charge in [0.2, 0.25) is 0 Å². The van der Waals surface area contributed by atoms with Gasteiger partial charge >= 0.3 is 0 Å². The number of aliphatic hydroxyl groups excluding tert-OH is 1. The highest BCUT2D eigenvalue weighted by molar-refractivity contribution is 5.30. The predicted molar refractivity (Wildman–Crippen MR) is 84.9 cm³/mol. The first-order valence-electron chi connectivity index (χ1n) is 7.31. The molecule has 0 fully saturated rings. The minimum Gasteiger partial charge on any atom is -0.388 e. The second-order valence-electron chi connectivity index (χ2n) is 6.68. The lowest BCUT2D eigenvalue weighted by Crippen LogP contribution is -2.11. The van der Waals surface area contributed by atoms with Gasteiger partial charge in [0.15, 0.2) is 0 Å². The molecule has 1 nitrogen and oxygen atoms in total. The van der Waals surface area contributed by atoms with Gasteiger partial charge < -0.3 is 5.11 Å². The van der Waals surface area contributed by atoms with E-state index in [9.17, 15) is 9.50 Å². The molecule has 1 N–H and O–H groups in total. The molecule has 0 aliphatic heterocycles. The highest BCUT2D eigenvalue weighted by atomic mass is 19.1. The zero-order valence-corrected chi connectivity index (χ0v) is 13.2. The Morgan fingerprint density at radius 1 is 1.05 bits per heavy atom. The lowest BCUT2D eigenvalue weighted by atomic mass is 9.86. The van der Waals surface area contributed by atoms with Gasteiger partial charge in [-0.05, 0) is 40.7 Å². The Balaban J connectivity index is 2.12. The Morgan fingerprint density at radius 2 is 1.67 bits per heavy atom. The van der Waals surface area contributed by atoms with Crippen LogP contribution in [-0.2, 0) is 11.8 Å². The fourth-order valence-corrected chi connectivity index (χ4v) is 2.36. The largest absolute Gasteiger partial charge is 0.388 e. The van der Waals surface area contributed by atoms with E-state index in [1.807, 2.05) is 0 Å². The Morgan fingerprint density at radius 3 is 2.19 bits per heavy atom. The monoisotopic (exact) mass is 286 g/mol. The minimum absolute atomic E-state index is 0.130. The van der Waals surface area contributed by atoms with Crippen LogP contribution in [0.15, 0.2) is 42.5 Å². The molecule has 0 saturated carbocycles. The number of hydrogen-bond donors (Lipinski definition) is 1. The van der Waals surface area contributed by atoms with Crippen LogP contribution in [0.25, 0.3) is 0 Å². The molecule has 1 atom stereocenters. The zero-order valence-electron chi connectivity index (χ0n) is 13.2. The molecule has 2 heteroatoms. The standard InChI is InChI=1S/C19H23FO/c1-13-11-15(7-10-17(13)20)18(21)12-14-5-8-16(9-6-14)19(2,3)4/h5-11,18,21H,12H2,1-4H3. The van der Waals surface area contributed by atoms with E-state index in [-0.39, 0.29) is 11.2 Å². The number of halogens is 1. The van der Waals surface area contributed by atoms with E-state index in [4.69, 9.17) is 0 Å². The number of aliphatic hydroxyl groups is 1. The molecule has 112 valence electrons. The zero-order chi connectivity index (χ0) is 15.6. The SMILES string of the molecule is Cc1cc(C(O)Cc2ccc(C(C)(C)C)cc2)ccc1F. The van der Waals surface area contributed by atoms with Crippen molar-refractivity contribution in [2.45, 2.75) is 45.6 Å². The summed E-state index contributed by atoms with van der Waals surface area (Å²) in [5, 5.41) is 10.3. The van der Waals surface area contributed by atoms with Crippen molar-refractivity contribution in [3.05, 3.63) is 70.5 Å². The fraction of sp³-hybridized carbons (Fsp3) is 0.368. The summed E-state index contributed by atoms with van der Waals surface area (Å²) < 4.78 is 13.3. The van der Waals surface area contributed by atoms with E-state index in [0.29, 0.717) is 12.0 Å². The molecule has 2 aromatic carbocycles. The number of rotatable bonds is 3. The Labute approximate surface area is 126 Å². The van der Waals surface area contributed by atoms with Crippen LogP contribution in [0, 0.1) is 12.7 Å². The third-order valence-electron chi connectivity index (χ3n) is 3.82. The molecule has 2 aromatic rings. The number of hydrogen-bond acceptors (Lipinski definition) is 1. The van der Waals surface area contributed by atoms with Crippen molar-refractivity contribution in [2.75, 3.05) is 0 Å². The first-order chi connectivity index (χ1) is 9.77. The van der Waals surface area contributed by atoms with E-state index < -0.39 is 6.10 Å². The molecule has 0 amide bonds. The van der Waals surface area contributed by atoms with Crippen molar-refractivity contribution in [2.24, 2.45) is 0 Å². The smallest absolute Gasteiger partial charge is 0.126 e. The number of benzene rings is 2. The fourth-order valence-electron chi connectivity index (χ4n) is 2.36. The van der Waals surface area contributed by atoms with Gasteiger partial charge in [0.05, 0.1) is 6.10 Å². The van der Waals surface area contributed by atoms with Crippen molar-refractivity contribution in [1.82, 2.24) is 0 Å². The summed E-state index contributed by atoms with van der Waals surface area (Å²) in [4.78, 5) is 0. The Hall–Kier alpha value is -1.67. The van der Waals surface area contributed by atoms with E-state index in [0.717, 1.165) is 11.1 Å². The molecule has 0 bridgehead atoms. The van der Waals surface area contributed by atoms with Gasteiger partial charge in [0.25, 0.3) is 0 Å². The molecule has 0 aromatic heterocycles.